The van der Waals surface area contributed by atoms with Gasteiger partial charge < -0.3 is 14.4 Å². The minimum atomic E-state index is 0.0804. The van der Waals surface area contributed by atoms with Crippen molar-refractivity contribution in [3.63, 3.8) is 0 Å². The lowest BCUT2D eigenvalue weighted by Crippen LogP contribution is -2.51. The fourth-order valence-corrected chi connectivity index (χ4v) is 4.63. The number of aromatic nitrogens is 2. The zero-order valence-corrected chi connectivity index (χ0v) is 20.5. The predicted octanol–water partition coefficient (Wildman–Crippen LogP) is 2.54. The molecule has 0 saturated carbocycles. The van der Waals surface area contributed by atoms with Gasteiger partial charge in [-0.25, -0.2) is 5.26 Å². The summed E-state index contributed by atoms with van der Waals surface area (Å²) in [6.07, 6.45) is 8.44. The van der Waals surface area contributed by atoms with Crippen molar-refractivity contribution < 1.29 is 29.7 Å². The first kappa shape index (κ1) is 26.9. The Balaban J connectivity index is 0.000000350. The van der Waals surface area contributed by atoms with Crippen molar-refractivity contribution in [1.82, 2.24) is 19.6 Å². The summed E-state index contributed by atoms with van der Waals surface area (Å²) in [5, 5.41) is 18.7. The highest BCUT2D eigenvalue weighted by Gasteiger charge is 2.25. The van der Waals surface area contributed by atoms with Crippen LogP contribution in [-0.2, 0) is 32.7 Å². The van der Waals surface area contributed by atoms with Crippen molar-refractivity contribution >= 4 is 0 Å². The molecule has 3 aliphatic heterocycles. The van der Waals surface area contributed by atoms with Gasteiger partial charge in [-0.1, -0.05) is 5.92 Å². The summed E-state index contributed by atoms with van der Waals surface area (Å²) in [4.78, 5) is 9.38. The quantitative estimate of drug-likeness (QED) is 0.235. The van der Waals surface area contributed by atoms with Gasteiger partial charge in [-0.3, -0.25) is 9.58 Å². The molecule has 10 heteroatoms. The number of aryl methyl sites for hydroxylation is 2. The van der Waals surface area contributed by atoms with E-state index >= 15 is 0 Å². The molecule has 0 aromatic carbocycles. The highest BCUT2D eigenvalue weighted by atomic mass is 17.6. The van der Waals surface area contributed by atoms with Gasteiger partial charge in [0.2, 0.25) is 5.88 Å². The standard InChI is InChI=1S/C20H34N4O2.C4H6O4/c1-2-9-24-19(5-1)17-20(21-24)26-14-4-3-8-22-10-12-23(13-11-22)18-6-15-25-16-7-18;1-2-3-4-6-8-7-5/h17-18H,1-16H2;5H,4H2,1H3. The van der Waals surface area contributed by atoms with E-state index in [1.807, 2.05) is 0 Å². The number of nitrogens with zero attached hydrogens (tertiary/aromatic N) is 4. The number of rotatable bonds is 10. The molecule has 0 amide bonds. The van der Waals surface area contributed by atoms with Crippen LogP contribution in [0.3, 0.4) is 0 Å². The maximum atomic E-state index is 7.47. The molecule has 3 aliphatic rings. The van der Waals surface area contributed by atoms with Gasteiger partial charge in [-0.15, -0.1) is 11.0 Å². The Morgan fingerprint density at radius 2 is 1.94 bits per heavy atom. The molecule has 2 saturated heterocycles. The predicted molar refractivity (Wildman–Crippen MR) is 126 cm³/mol. The van der Waals surface area contributed by atoms with Gasteiger partial charge in [0.05, 0.1) is 6.61 Å². The molecular weight excluding hydrogens is 440 g/mol. The van der Waals surface area contributed by atoms with Crippen molar-refractivity contribution in [3.8, 4) is 17.7 Å². The van der Waals surface area contributed by atoms with Gasteiger partial charge in [0.1, 0.15) is 6.61 Å². The van der Waals surface area contributed by atoms with Crippen LogP contribution < -0.4 is 4.74 Å². The van der Waals surface area contributed by atoms with Crippen LogP contribution in [0, 0.1) is 11.8 Å². The molecule has 4 heterocycles. The summed E-state index contributed by atoms with van der Waals surface area (Å²) in [6.45, 7) is 11.6. The van der Waals surface area contributed by atoms with E-state index in [1.54, 1.807) is 6.92 Å². The summed E-state index contributed by atoms with van der Waals surface area (Å²) >= 11 is 0. The number of hydrogen-bond acceptors (Lipinski definition) is 9. The van der Waals surface area contributed by atoms with Gasteiger partial charge in [0.15, 0.2) is 0 Å². The topological polar surface area (TPSA) is 90.7 Å². The van der Waals surface area contributed by atoms with Gasteiger partial charge in [-0.05, 0) is 68.5 Å². The Morgan fingerprint density at radius 3 is 2.68 bits per heavy atom. The normalized spacial score (nSPS) is 19.5. The molecular formula is C24H40N4O6. The molecule has 34 heavy (non-hydrogen) atoms. The van der Waals surface area contributed by atoms with E-state index in [0.29, 0.717) is 0 Å². The third-order valence-corrected chi connectivity index (χ3v) is 6.51. The van der Waals surface area contributed by atoms with Crippen molar-refractivity contribution in [2.24, 2.45) is 0 Å². The van der Waals surface area contributed by atoms with Gasteiger partial charge >= 0.3 is 0 Å². The number of ether oxygens (including phenoxy) is 2. The van der Waals surface area contributed by atoms with Crippen LogP contribution >= 0.6 is 0 Å². The second-order valence-electron chi connectivity index (χ2n) is 8.76. The minimum absolute atomic E-state index is 0.0804. The van der Waals surface area contributed by atoms with Crippen LogP contribution in [0.5, 0.6) is 5.88 Å². The Labute approximate surface area is 202 Å². The SMILES string of the molecule is CC#CCOOOO.c1c(OCCCCN2CCN(C3CCOCC3)CC2)nn2c1CCCC2. The molecule has 0 aliphatic carbocycles. The highest BCUT2D eigenvalue weighted by Crippen LogP contribution is 2.20. The van der Waals surface area contributed by atoms with Crippen LogP contribution in [0.1, 0.15) is 51.1 Å². The molecule has 0 unspecified atom stereocenters. The molecule has 0 atom stereocenters. The molecule has 10 nitrogen and oxygen atoms in total. The van der Waals surface area contributed by atoms with Crippen LogP contribution in [0.25, 0.3) is 0 Å². The Bertz CT molecular complexity index is 712. The molecule has 2 fully saturated rings. The molecule has 0 radical (unpaired) electrons. The van der Waals surface area contributed by atoms with Crippen LogP contribution in [0.15, 0.2) is 6.07 Å². The molecule has 0 spiro atoms. The van der Waals surface area contributed by atoms with Crippen molar-refractivity contribution in [2.75, 3.05) is 59.2 Å². The largest absolute Gasteiger partial charge is 0.477 e. The maximum Gasteiger partial charge on any atom is 0.232 e. The lowest BCUT2D eigenvalue weighted by atomic mass is 10.1. The van der Waals surface area contributed by atoms with Crippen LogP contribution in [0.2, 0.25) is 0 Å². The summed E-state index contributed by atoms with van der Waals surface area (Å²) in [7, 11) is 0. The molecule has 192 valence electrons. The number of unbranched alkanes of at least 4 members (excludes halogenated alkanes) is 1. The Kier molecular flexibility index (Phi) is 12.7. The monoisotopic (exact) mass is 480 g/mol. The summed E-state index contributed by atoms with van der Waals surface area (Å²) in [5.74, 6) is 5.86. The van der Waals surface area contributed by atoms with Gasteiger partial charge in [0, 0.05) is 63.7 Å². The van der Waals surface area contributed by atoms with E-state index in [-0.39, 0.29) is 6.61 Å². The number of piperazine rings is 1. The molecule has 4 rings (SSSR count). The fraction of sp³-hybridized carbons (Fsp3) is 0.792. The lowest BCUT2D eigenvalue weighted by molar-refractivity contribution is -0.620. The molecule has 1 aromatic rings. The zero-order valence-electron chi connectivity index (χ0n) is 20.5. The second kappa shape index (κ2) is 16.1. The maximum absolute atomic E-state index is 7.47. The third kappa shape index (κ3) is 9.50. The Hall–Kier alpha value is -1.71. The van der Waals surface area contributed by atoms with E-state index < -0.39 is 0 Å². The van der Waals surface area contributed by atoms with Gasteiger partial charge in [0.25, 0.3) is 0 Å². The minimum Gasteiger partial charge on any atom is -0.477 e. The first-order valence-electron chi connectivity index (χ1n) is 12.5. The third-order valence-electron chi connectivity index (χ3n) is 6.51. The van der Waals surface area contributed by atoms with Crippen molar-refractivity contribution in [3.05, 3.63) is 11.8 Å². The smallest absolute Gasteiger partial charge is 0.232 e. The van der Waals surface area contributed by atoms with E-state index in [2.05, 4.69) is 52.5 Å². The van der Waals surface area contributed by atoms with E-state index in [1.165, 1.54) is 70.5 Å². The highest BCUT2D eigenvalue weighted by molar-refractivity contribution is 5.16. The summed E-state index contributed by atoms with van der Waals surface area (Å²) < 4.78 is 13.5. The summed E-state index contributed by atoms with van der Waals surface area (Å²) in [5.41, 5.74) is 1.34. The molecule has 1 N–H and O–H groups in total. The van der Waals surface area contributed by atoms with E-state index in [4.69, 9.17) is 14.7 Å². The van der Waals surface area contributed by atoms with Crippen LogP contribution in [0.4, 0.5) is 0 Å². The summed E-state index contributed by atoms with van der Waals surface area (Å²) in [6, 6.07) is 2.90. The van der Waals surface area contributed by atoms with Crippen LogP contribution in [-0.4, -0.2) is 90.0 Å². The lowest BCUT2D eigenvalue weighted by Gasteiger charge is -2.40. The molecule has 0 bridgehead atoms. The van der Waals surface area contributed by atoms with Gasteiger partial charge in [-0.2, -0.15) is 4.89 Å². The van der Waals surface area contributed by atoms with Crippen molar-refractivity contribution in [2.45, 2.75) is 64.5 Å². The first-order chi connectivity index (χ1) is 16.8. The van der Waals surface area contributed by atoms with E-state index in [0.717, 1.165) is 51.1 Å². The Morgan fingerprint density at radius 1 is 1.12 bits per heavy atom. The second-order valence-corrected chi connectivity index (χ2v) is 8.76. The fourth-order valence-electron chi connectivity index (χ4n) is 4.63. The van der Waals surface area contributed by atoms with E-state index in [9.17, 15) is 0 Å². The molecule has 1 aromatic heterocycles. The number of hydrogen-bond donors (Lipinski definition) is 1. The zero-order chi connectivity index (χ0) is 23.8. The average molecular weight is 481 g/mol. The first-order valence-corrected chi connectivity index (χ1v) is 12.5. The number of fused-ring (bicyclic) bond motifs is 1. The van der Waals surface area contributed by atoms with Crippen molar-refractivity contribution in [1.29, 1.82) is 0 Å². The average Bonchev–Trinajstić information content (AvgIpc) is 3.31.